The zero-order chi connectivity index (χ0) is 24.6. The van der Waals surface area contributed by atoms with Gasteiger partial charge in [0, 0.05) is 31.7 Å². The summed E-state index contributed by atoms with van der Waals surface area (Å²) >= 11 is 0. The van der Waals surface area contributed by atoms with Crippen LogP contribution >= 0.6 is 0 Å². The molecule has 0 radical (unpaired) electrons. The molecule has 188 valence electrons. The molecule has 2 rings (SSSR count). The molecule has 1 unspecified atom stereocenters. The Balaban J connectivity index is 2.52. The summed E-state index contributed by atoms with van der Waals surface area (Å²) < 4.78 is 27.7. The van der Waals surface area contributed by atoms with Crippen molar-refractivity contribution >= 4 is 11.7 Å². The van der Waals surface area contributed by atoms with Gasteiger partial charge in [-0.3, -0.25) is 0 Å². The van der Waals surface area contributed by atoms with Gasteiger partial charge in [-0.15, -0.1) is 0 Å². The van der Waals surface area contributed by atoms with Crippen molar-refractivity contribution in [2.45, 2.75) is 46.1 Å². The van der Waals surface area contributed by atoms with Gasteiger partial charge in [-0.05, 0) is 51.3 Å². The van der Waals surface area contributed by atoms with Crippen LogP contribution in [0.2, 0.25) is 0 Å². The maximum absolute atomic E-state index is 13.1. The largest absolute Gasteiger partial charge is 0.467 e. The smallest absolute Gasteiger partial charge is 0.342 e. The highest BCUT2D eigenvalue weighted by Gasteiger charge is 2.23. The lowest BCUT2D eigenvalue weighted by molar-refractivity contribution is 0.0171. The number of rotatable bonds is 10. The van der Waals surface area contributed by atoms with Crippen LogP contribution in [0.4, 0.5) is 0 Å². The first kappa shape index (κ1) is 27.4. The molecule has 1 aliphatic heterocycles. The Bertz CT molecular complexity index is 852. The minimum absolute atomic E-state index is 0.0223. The lowest BCUT2D eigenvalue weighted by atomic mass is 9.99. The first-order valence-electron chi connectivity index (χ1n) is 11.6. The molecule has 0 amide bonds. The van der Waals surface area contributed by atoms with E-state index in [9.17, 15) is 4.79 Å². The number of ether oxygens (including phenoxy) is 5. The zero-order valence-corrected chi connectivity index (χ0v) is 20.3. The molecular weight excluding hydrogens is 440 g/mol. The van der Waals surface area contributed by atoms with E-state index in [4.69, 9.17) is 34.3 Å². The summed E-state index contributed by atoms with van der Waals surface area (Å²) in [7, 11) is 0. The first-order chi connectivity index (χ1) is 16.6. The molecule has 0 spiro atoms. The number of oxime groups is 1. The van der Waals surface area contributed by atoms with E-state index >= 15 is 0 Å². The number of fused-ring (bicyclic) bond motifs is 1. The van der Waals surface area contributed by atoms with Gasteiger partial charge in [0.2, 0.25) is 0 Å². The van der Waals surface area contributed by atoms with Crippen LogP contribution in [0.5, 0.6) is 11.5 Å². The number of cyclic esters (lactones) is 1. The molecule has 1 aromatic rings. The third kappa shape index (κ3) is 9.54. The van der Waals surface area contributed by atoms with Gasteiger partial charge in [-0.2, -0.15) is 0 Å². The van der Waals surface area contributed by atoms with Gasteiger partial charge in [-0.25, -0.2) is 4.79 Å². The van der Waals surface area contributed by atoms with Crippen LogP contribution in [-0.2, 0) is 25.5 Å². The maximum atomic E-state index is 13.1. The molecule has 1 aliphatic rings. The van der Waals surface area contributed by atoms with E-state index < -0.39 is 5.97 Å². The maximum Gasteiger partial charge on any atom is 0.342 e. The number of hydrogen-bond donors (Lipinski definition) is 1. The third-order valence-electron chi connectivity index (χ3n) is 4.68. The Morgan fingerprint density at radius 3 is 2.56 bits per heavy atom. The second kappa shape index (κ2) is 15.9. The van der Waals surface area contributed by atoms with Crippen LogP contribution in [0.25, 0.3) is 0 Å². The van der Waals surface area contributed by atoms with Crippen molar-refractivity contribution in [3.63, 3.8) is 0 Å². The van der Waals surface area contributed by atoms with Crippen LogP contribution in [0.15, 0.2) is 41.6 Å². The quantitative estimate of drug-likeness (QED) is 0.179. The molecule has 1 atom stereocenters. The van der Waals surface area contributed by atoms with Crippen LogP contribution < -0.4 is 15.2 Å². The molecular formula is C25H36N2O7. The highest BCUT2D eigenvalue weighted by atomic mass is 16.7. The van der Waals surface area contributed by atoms with Crippen molar-refractivity contribution in [1.29, 1.82) is 0 Å². The molecule has 34 heavy (non-hydrogen) atoms. The highest BCUT2D eigenvalue weighted by molar-refractivity contribution is 6.00. The standard InChI is InChI=1S/C25H36N2O7/c1-4-29-17-32-22-15-19-14-21(27-34-6-3)12-9-11-20(26)10-7-8-13-31-25(28)24(19)23(16-22)33-18-30-5-2/h7,9-10,12,15-16,20H,4-6,8,11,13-14,17-18,26H2,1-3H3/b10-7+,12-9+,27-21-. The van der Waals surface area contributed by atoms with E-state index in [0.29, 0.717) is 61.0 Å². The number of nitrogens with two attached hydrogens (primary N) is 1. The van der Waals surface area contributed by atoms with Crippen LogP contribution in [-0.4, -0.2) is 57.7 Å². The Hall–Kier alpha value is -2.88. The van der Waals surface area contributed by atoms with Gasteiger partial charge in [0.15, 0.2) is 13.6 Å². The summed E-state index contributed by atoms with van der Waals surface area (Å²) in [6.07, 6.45) is 9.07. The number of carbonyl (C=O) groups is 1. The third-order valence-corrected chi connectivity index (χ3v) is 4.68. The van der Waals surface area contributed by atoms with Crippen molar-refractivity contribution in [2.24, 2.45) is 10.9 Å². The number of carbonyl (C=O) groups excluding carboxylic acids is 1. The summed E-state index contributed by atoms with van der Waals surface area (Å²) in [5.41, 5.74) is 7.64. The highest BCUT2D eigenvalue weighted by Crippen LogP contribution is 2.31. The molecule has 0 saturated heterocycles. The Kier molecular flexibility index (Phi) is 12.8. The topological polar surface area (TPSA) is 111 Å². The van der Waals surface area contributed by atoms with Gasteiger partial charge in [0.25, 0.3) is 0 Å². The Morgan fingerprint density at radius 1 is 1.06 bits per heavy atom. The fraction of sp³-hybridized carbons (Fsp3) is 0.520. The number of hydrogen-bond acceptors (Lipinski definition) is 9. The van der Waals surface area contributed by atoms with E-state index in [0.717, 1.165) is 0 Å². The Labute approximate surface area is 201 Å². The lowest BCUT2D eigenvalue weighted by Gasteiger charge is -2.18. The van der Waals surface area contributed by atoms with Gasteiger partial charge in [0.05, 0.1) is 12.3 Å². The van der Waals surface area contributed by atoms with E-state index in [2.05, 4.69) is 5.16 Å². The van der Waals surface area contributed by atoms with E-state index in [1.165, 1.54) is 0 Å². The van der Waals surface area contributed by atoms with Crippen molar-refractivity contribution in [3.8, 4) is 11.5 Å². The van der Waals surface area contributed by atoms with E-state index in [1.54, 1.807) is 12.1 Å². The number of allylic oxidation sites excluding steroid dienone is 1. The SMILES string of the molecule is CCOCOc1cc2c(c(OCOCC)c1)C(=O)OCC/C=C/C(N)C/C=C/C(=N/OCC)C2. The molecule has 2 N–H and O–H groups in total. The monoisotopic (exact) mass is 476 g/mol. The molecule has 1 aromatic carbocycles. The molecule has 0 aromatic heterocycles. The average molecular weight is 477 g/mol. The summed E-state index contributed by atoms with van der Waals surface area (Å²) in [5.74, 6) is 0.275. The average Bonchev–Trinajstić information content (AvgIpc) is 2.82. The van der Waals surface area contributed by atoms with E-state index in [-0.39, 0.29) is 32.7 Å². The molecule has 9 heteroatoms. The van der Waals surface area contributed by atoms with Crippen LogP contribution in [0, 0.1) is 0 Å². The van der Waals surface area contributed by atoms with Crippen LogP contribution in [0.3, 0.4) is 0 Å². The van der Waals surface area contributed by atoms with Crippen molar-refractivity contribution < 1.29 is 33.3 Å². The number of esters is 1. The minimum atomic E-state index is -0.507. The lowest BCUT2D eigenvalue weighted by Crippen LogP contribution is -2.17. The second-order valence-corrected chi connectivity index (χ2v) is 7.30. The van der Waals surface area contributed by atoms with Crippen molar-refractivity contribution in [1.82, 2.24) is 0 Å². The molecule has 0 saturated carbocycles. The zero-order valence-electron chi connectivity index (χ0n) is 20.3. The predicted molar refractivity (Wildman–Crippen MR) is 129 cm³/mol. The summed E-state index contributed by atoms with van der Waals surface area (Å²) in [6, 6.07) is 3.25. The fourth-order valence-electron chi connectivity index (χ4n) is 3.06. The molecule has 0 fully saturated rings. The number of nitrogens with zero attached hydrogens (tertiary/aromatic N) is 1. The van der Waals surface area contributed by atoms with Gasteiger partial charge in [0.1, 0.15) is 23.7 Å². The van der Waals surface area contributed by atoms with Gasteiger partial charge < -0.3 is 34.3 Å². The van der Waals surface area contributed by atoms with Crippen molar-refractivity contribution in [3.05, 3.63) is 47.6 Å². The molecule has 0 aliphatic carbocycles. The van der Waals surface area contributed by atoms with Gasteiger partial charge >= 0.3 is 5.97 Å². The van der Waals surface area contributed by atoms with E-state index in [1.807, 2.05) is 45.1 Å². The summed E-state index contributed by atoms with van der Waals surface area (Å²) in [5, 5.41) is 4.22. The molecule has 0 bridgehead atoms. The minimum Gasteiger partial charge on any atom is -0.467 e. The number of benzene rings is 1. The van der Waals surface area contributed by atoms with Gasteiger partial charge in [-0.1, -0.05) is 23.4 Å². The predicted octanol–water partition coefficient (Wildman–Crippen LogP) is 3.76. The molecule has 1 heterocycles. The van der Waals surface area contributed by atoms with Crippen LogP contribution in [0.1, 0.15) is 49.5 Å². The first-order valence-corrected chi connectivity index (χ1v) is 11.6. The Morgan fingerprint density at radius 2 is 1.82 bits per heavy atom. The fourth-order valence-corrected chi connectivity index (χ4v) is 3.06. The normalized spacial score (nSPS) is 20.1. The molecule has 9 nitrogen and oxygen atoms in total. The second-order valence-electron chi connectivity index (χ2n) is 7.30. The summed E-state index contributed by atoms with van der Waals surface area (Å²) in [6.45, 7) is 7.23. The van der Waals surface area contributed by atoms with Crippen molar-refractivity contribution in [2.75, 3.05) is 40.0 Å². The summed E-state index contributed by atoms with van der Waals surface area (Å²) in [4.78, 5) is 18.4.